The summed E-state index contributed by atoms with van der Waals surface area (Å²) >= 11 is 0. The molecule has 86 valence electrons. The Bertz CT molecular complexity index is 224. The van der Waals surface area contributed by atoms with Crippen LogP contribution in [0.1, 0.15) is 44.9 Å². The molecule has 0 aromatic heterocycles. The lowest BCUT2D eigenvalue weighted by Gasteiger charge is -2.37. The molecule has 0 unspecified atom stereocenters. The van der Waals surface area contributed by atoms with Gasteiger partial charge in [-0.1, -0.05) is 32.1 Å². The monoisotopic (exact) mass is 211 g/mol. The number of hydrogen-bond acceptors (Lipinski definition) is 2. The van der Waals surface area contributed by atoms with E-state index in [9.17, 15) is 9.90 Å². The van der Waals surface area contributed by atoms with E-state index in [-0.39, 0.29) is 6.04 Å². The Labute approximate surface area is 91.2 Å². The number of aliphatic carboxylic acids is 1. The molecule has 0 aromatic carbocycles. The molecule has 0 spiro atoms. The Morgan fingerprint density at radius 2 is 1.80 bits per heavy atom. The first-order chi connectivity index (χ1) is 7.29. The van der Waals surface area contributed by atoms with Gasteiger partial charge in [-0.25, -0.2) is 0 Å². The van der Waals surface area contributed by atoms with Gasteiger partial charge in [0.15, 0.2) is 0 Å². The predicted octanol–water partition coefficient (Wildman–Crippen LogP) is 2.02. The lowest BCUT2D eigenvalue weighted by atomic mass is 9.73. The van der Waals surface area contributed by atoms with Crippen molar-refractivity contribution in [3.63, 3.8) is 0 Å². The van der Waals surface area contributed by atoms with Crippen molar-refractivity contribution in [1.82, 2.24) is 5.32 Å². The molecule has 1 aliphatic carbocycles. The van der Waals surface area contributed by atoms with E-state index in [0.29, 0.717) is 11.8 Å². The second-order valence-corrected chi connectivity index (χ2v) is 4.97. The summed E-state index contributed by atoms with van der Waals surface area (Å²) in [6.45, 7) is 0.875. The fraction of sp³-hybridized carbons (Fsp3) is 0.917. The Morgan fingerprint density at radius 3 is 2.47 bits per heavy atom. The summed E-state index contributed by atoms with van der Waals surface area (Å²) in [6, 6.07) is -0.276. The standard InChI is InChI=1S/C12H21NO2/c14-12(15)11-10(7-4-8-13-11)9-5-2-1-3-6-9/h9-11,13H,1-8H2,(H,14,15)/t10-,11+/m1/s1. The highest BCUT2D eigenvalue weighted by molar-refractivity contribution is 5.74. The third-order valence-electron chi connectivity index (χ3n) is 4.03. The van der Waals surface area contributed by atoms with Gasteiger partial charge < -0.3 is 10.4 Å². The summed E-state index contributed by atoms with van der Waals surface area (Å²) in [7, 11) is 0. The van der Waals surface area contributed by atoms with Crippen LogP contribution in [-0.4, -0.2) is 23.7 Å². The Hall–Kier alpha value is -0.570. The van der Waals surface area contributed by atoms with Crippen LogP contribution in [0.3, 0.4) is 0 Å². The summed E-state index contributed by atoms with van der Waals surface area (Å²) in [5.74, 6) is 0.398. The van der Waals surface area contributed by atoms with E-state index in [4.69, 9.17) is 0 Å². The SMILES string of the molecule is O=C(O)[C@H]1NCCC[C@@H]1C1CCCCC1. The average molecular weight is 211 g/mol. The summed E-state index contributed by atoms with van der Waals surface area (Å²) in [5, 5.41) is 12.3. The number of nitrogens with one attached hydrogen (secondary N) is 1. The van der Waals surface area contributed by atoms with Crippen molar-refractivity contribution in [3.05, 3.63) is 0 Å². The lowest BCUT2D eigenvalue weighted by Crippen LogP contribution is -2.49. The van der Waals surface area contributed by atoms with Crippen LogP contribution in [-0.2, 0) is 4.79 Å². The van der Waals surface area contributed by atoms with Crippen LogP contribution in [0.25, 0.3) is 0 Å². The van der Waals surface area contributed by atoms with Crippen LogP contribution in [0, 0.1) is 11.8 Å². The van der Waals surface area contributed by atoms with Crippen molar-refractivity contribution in [2.75, 3.05) is 6.54 Å². The Balaban J connectivity index is 1.99. The highest BCUT2D eigenvalue weighted by Gasteiger charge is 2.36. The molecular weight excluding hydrogens is 190 g/mol. The van der Waals surface area contributed by atoms with Crippen LogP contribution < -0.4 is 5.32 Å². The molecule has 2 rings (SSSR count). The highest BCUT2D eigenvalue weighted by Crippen LogP contribution is 2.35. The molecule has 1 saturated carbocycles. The first-order valence-electron chi connectivity index (χ1n) is 6.25. The van der Waals surface area contributed by atoms with Crippen LogP contribution in [0.4, 0.5) is 0 Å². The largest absolute Gasteiger partial charge is 0.480 e. The number of hydrogen-bond donors (Lipinski definition) is 2. The van der Waals surface area contributed by atoms with Gasteiger partial charge in [0, 0.05) is 0 Å². The maximum Gasteiger partial charge on any atom is 0.320 e. The first-order valence-corrected chi connectivity index (χ1v) is 6.25. The van der Waals surface area contributed by atoms with Crippen molar-refractivity contribution in [3.8, 4) is 0 Å². The van der Waals surface area contributed by atoms with Crippen molar-refractivity contribution in [1.29, 1.82) is 0 Å². The van der Waals surface area contributed by atoms with Gasteiger partial charge in [-0.2, -0.15) is 0 Å². The van der Waals surface area contributed by atoms with Crippen LogP contribution in [0.15, 0.2) is 0 Å². The zero-order valence-electron chi connectivity index (χ0n) is 9.24. The maximum absolute atomic E-state index is 11.1. The average Bonchev–Trinajstić information content (AvgIpc) is 2.30. The minimum Gasteiger partial charge on any atom is -0.480 e. The van der Waals surface area contributed by atoms with Gasteiger partial charge in [0.2, 0.25) is 0 Å². The number of piperidine rings is 1. The van der Waals surface area contributed by atoms with Gasteiger partial charge in [0.05, 0.1) is 0 Å². The fourth-order valence-electron chi connectivity index (χ4n) is 3.25. The molecule has 2 atom stereocenters. The molecule has 15 heavy (non-hydrogen) atoms. The van der Waals surface area contributed by atoms with Gasteiger partial charge in [-0.05, 0) is 31.2 Å². The van der Waals surface area contributed by atoms with Crippen molar-refractivity contribution < 1.29 is 9.90 Å². The molecule has 1 heterocycles. The van der Waals surface area contributed by atoms with E-state index in [1.807, 2.05) is 0 Å². The zero-order valence-corrected chi connectivity index (χ0v) is 9.24. The molecule has 0 amide bonds. The topological polar surface area (TPSA) is 49.3 Å². The van der Waals surface area contributed by atoms with Crippen molar-refractivity contribution in [2.45, 2.75) is 51.0 Å². The third kappa shape index (κ3) is 2.51. The number of carboxylic acid groups (broad SMARTS) is 1. The second kappa shape index (κ2) is 4.97. The fourth-order valence-corrected chi connectivity index (χ4v) is 3.25. The molecule has 2 fully saturated rings. The smallest absolute Gasteiger partial charge is 0.320 e. The molecule has 2 N–H and O–H groups in total. The second-order valence-electron chi connectivity index (χ2n) is 4.97. The van der Waals surface area contributed by atoms with Crippen LogP contribution in [0.5, 0.6) is 0 Å². The molecule has 0 radical (unpaired) electrons. The molecular formula is C12H21NO2. The summed E-state index contributed by atoms with van der Waals surface area (Å²) in [5.41, 5.74) is 0. The quantitative estimate of drug-likeness (QED) is 0.734. The Morgan fingerprint density at radius 1 is 1.07 bits per heavy atom. The molecule has 0 aromatic rings. The lowest BCUT2D eigenvalue weighted by molar-refractivity contribution is -0.142. The van der Waals surface area contributed by atoms with E-state index in [1.54, 1.807) is 0 Å². The predicted molar refractivity (Wildman–Crippen MR) is 58.7 cm³/mol. The van der Waals surface area contributed by atoms with Crippen LogP contribution >= 0.6 is 0 Å². The minimum atomic E-state index is -0.648. The van der Waals surface area contributed by atoms with Gasteiger partial charge in [-0.15, -0.1) is 0 Å². The van der Waals surface area contributed by atoms with Gasteiger partial charge in [0.1, 0.15) is 6.04 Å². The third-order valence-corrected chi connectivity index (χ3v) is 4.03. The van der Waals surface area contributed by atoms with Crippen molar-refractivity contribution >= 4 is 5.97 Å². The van der Waals surface area contributed by atoms with E-state index in [1.165, 1.54) is 32.1 Å². The van der Waals surface area contributed by atoms with Gasteiger partial charge >= 0.3 is 5.97 Å². The molecule has 3 heteroatoms. The maximum atomic E-state index is 11.1. The van der Waals surface area contributed by atoms with E-state index in [2.05, 4.69) is 5.32 Å². The van der Waals surface area contributed by atoms with Crippen molar-refractivity contribution in [2.24, 2.45) is 11.8 Å². The van der Waals surface area contributed by atoms with E-state index < -0.39 is 5.97 Å². The number of carbonyl (C=O) groups is 1. The highest BCUT2D eigenvalue weighted by atomic mass is 16.4. The van der Waals surface area contributed by atoms with Crippen LogP contribution in [0.2, 0.25) is 0 Å². The number of rotatable bonds is 2. The van der Waals surface area contributed by atoms with E-state index >= 15 is 0 Å². The molecule has 3 nitrogen and oxygen atoms in total. The first kappa shape index (κ1) is 10.9. The normalized spacial score (nSPS) is 33.9. The van der Waals surface area contributed by atoms with Gasteiger partial charge in [0.25, 0.3) is 0 Å². The molecule has 1 aliphatic heterocycles. The Kier molecular flexibility index (Phi) is 3.62. The molecule has 0 bridgehead atoms. The summed E-state index contributed by atoms with van der Waals surface area (Å²) < 4.78 is 0. The molecule has 2 aliphatic rings. The summed E-state index contributed by atoms with van der Waals surface area (Å²) in [6.07, 6.45) is 8.68. The summed E-state index contributed by atoms with van der Waals surface area (Å²) in [4.78, 5) is 11.1. The molecule has 1 saturated heterocycles. The van der Waals surface area contributed by atoms with Gasteiger partial charge in [-0.3, -0.25) is 4.79 Å². The van der Waals surface area contributed by atoms with E-state index in [0.717, 1.165) is 19.4 Å². The zero-order chi connectivity index (χ0) is 10.7. The number of carboxylic acids is 1. The minimum absolute atomic E-state index is 0.276.